The summed E-state index contributed by atoms with van der Waals surface area (Å²) in [5, 5.41) is 3.83. The van der Waals surface area contributed by atoms with E-state index in [1.165, 1.54) is 12.1 Å². The zero-order chi connectivity index (χ0) is 12.4. The maximum absolute atomic E-state index is 13.1. The molecule has 0 aliphatic carbocycles. The molecule has 0 N–H and O–H groups in total. The van der Waals surface area contributed by atoms with Gasteiger partial charge in [-0.1, -0.05) is 21.1 Å². The fourth-order valence-electron chi connectivity index (χ4n) is 1.48. The Morgan fingerprint density at radius 1 is 1.35 bits per heavy atom. The number of benzene rings is 1. The van der Waals surface area contributed by atoms with Gasteiger partial charge in [-0.3, -0.25) is 0 Å². The van der Waals surface area contributed by atoms with Crippen LogP contribution in [0.2, 0.25) is 0 Å². The predicted octanol–water partition coefficient (Wildman–Crippen LogP) is 3.77. The topological polar surface area (TPSA) is 35.3 Å². The lowest BCUT2D eigenvalue weighted by Gasteiger charge is -2.06. The Balaban J connectivity index is 2.12. The van der Waals surface area contributed by atoms with E-state index >= 15 is 0 Å². The molecule has 0 saturated heterocycles. The fraction of sp³-hybridized carbons (Fsp3) is 0.250. The number of ether oxygens (including phenoxy) is 1. The van der Waals surface area contributed by atoms with Crippen molar-refractivity contribution in [1.29, 1.82) is 0 Å². The highest BCUT2D eigenvalue weighted by Gasteiger charge is 2.10. The zero-order valence-electron chi connectivity index (χ0n) is 9.46. The fourth-order valence-corrected chi connectivity index (χ4v) is 1.92. The highest BCUT2D eigenvalue weighted by Crippen LogP contribution is 2.22. The van der Waals surface area contributed by atoms with Crippen molar-refractivity contribution in [3.63, 3.8) is 0 Å². The maximum atomic E-state index is 13.1. The van der Waals surface area contributed by atoms with Crippen LogP contribution < -0.4 is 4.74 Å². The van der Waals surface area contributed by atoms with E-state index in [-0.39, 0.29) is 5.82 Å². The van der Waals surface area contributed by atoms with E-state index in [4.69, 9.17) is 9.26 Å². The van der Waals surface area contributed by atoms with Crippen LogP contribution in [-0.2, 0) is 6.61 Å². The quantitative estimate of drug-likeness (QED) is 0.865. The third-order valence-electron chi connectivity index (χ3n) is 2.40. The summed E-state index contributed by atoms with van der Waals surface area (Å²) in [6.45, 7) is 3.98. The van der Waals surface area contributed by atoms with Crippen LogP contribution in [-0.4, -0.2) is 5.16 Å². The van der Waals surface area contributed by atoms with Crippen LogP contribution in [0, 0.1) is 19.7 Å². The minimum absolute atomic E-state index is 0.317. The van der Waals surface area contributed by atoms with Gasteiger partial charge in [0.15, 0.2) is 0 Å². The van der Waals surface area contributed by atoms with E-state index in [2.05, 4.69) is 21.1 Å². The van der Waals surface area contributed by atoms with Gasteiger partial charge in [0.25, 0.3) is 0 Å². The summed E-state index contributed by atoms with van der Waals surface area (Å²) in [4.78, 5) is 0. The first-order chi connectivity index (χ1) is 8.06. The molecular weight excluding hydrogens is 289 g/mol. The van der Waals surface area contributed by atoms with Gasteiger partial charge in [0.05, 0.1) is 11.3 Å². The van der Waals surface area contributed by atoms with E-state index in [1.807, 2.05) is 13.8 Å². The van der Waals surface area contributed by atoms with Crippen LogP contribution in [0.25, 0.3) is 0 Å². The Labute approximate surface area is 107 Å². The first-order valence-electron chi connectivity index (χ1n) is 5.07. The molecule has 0 saturated carbocycles. The number of aryl methyl sites for hydroxylation is 2. The molecule has 90 valence electrons. The van der Waals surface area contributed by atoms with Crippen molar-refractivity contribution in [1.82, 2.24) is 5.16 Å². The van der Waals surface area contributed by atoms with Gasteiger partial charge in [-0.15, -0.1) is 0 Å². The van der Waals surface area contributed by atoms with E-state index in [9.17, 15) is 4.39 Å². The molecule has 0 aliphatic rings. The lowest BCUT2D eigenvalue weighted by molar-refractivity contribution is 0.300. The summed E-state index contributed by atoms with van der Waals surface area (Å²) >= 11 is 3.21. The molecule has 0 radical (unpaired) electrons. The highest BCUT2D eigenvalue weighted by molar-refractivity contribution is 9.10. The van der Waals surface area contributed by atoms with E-state index in [0.29, 0.717) is 16.8 Å². The van der Waals surface area contributed by atoms with Crippen molar-refractivity contribution < 1.29 is 13.7 Å². The van der Waals surface area contributed by atoms with Crippen molar-refractivity contribution in [2.45, 2.75) is 20.5 Å². The first-order valence-corrected chi connectivity index (χ1v) is 5.86. The van der Waals surface area contributed by atoms with Crippen LogP contribution in [0.3, 0.4) is 0 Å². The molecule has 0 amide bonds. The first kappa shape index (κ1) is 12.1. The maximum Gasteiger partial charge on any atom is 0.140 e. The summed E-state index contributed by atoms with van der Waals surface area (Å²) in [5.41, 5.74) is 1.68. The van der Waals surface area contributed by atoms with Gasteiger partial charge >= 0.3 is 0 Å². The Kier molecular flexibility index (Phi) is 3.47. The molecule has 0 unspecified atom stereocenters. The molecule has 0 aliphatic heterocycles. The Morgan fingerprint density at radius 3 is 2.71 bits per heavy atom. The molecule has 0 spiro atoms. The van der Waals surface area contributed by atoms with Gasteiger partial charge in [0.2, 0.25) is 0 Å². The smallest absolute Gasteiger partial charge is 0.140 e. The molecule has 3 nitrogen and oxygen atoms in total. The van der Waals surface area contributed by atoms with Gasteiger partial charge < -0.3 is 9.26 Å². The zero-order valence-corrected chi connectivity index (χ0v) is 11.0. The van der Waals surface area contributed by atoms with Gasteiger partial charge in [-0.2, -0.15) is 0 Å². The monoisotopic (exact) mass is 299 g/mol. The summed E-state index contributed by atoms with van der Waals surface area (Å²) in [6.07, 6.45) is 0. The van der Waals surface area contributed by atoms with Crippen LogP contribution in [0.15, 0.2) is 27.2 Å². The molecule has 1 heterocycles. The predicted molar refractivity (Wildman–Crippen MR) is 64.4 cm³/mol. The van der Waals surface area contributed by atoms with Crippen molar-refractivity contribution in [2.75, 3.05) is 0 Å². The molecule has 0 atom stereocenters. The molecule has 5 heteroatoms. The third kappa shape index (κ3) is 2.85. The molecular formula is C12H11BrFNO2. The van der Waals surface area contributed by atoms with Crippen molar-refractivity contribution in [3.8, 4) is 5.75 Å². The van der Waals surface area contributed by atoms with Crippen molar-refractivity contribution in [2.24, 2.45) is 0 Å². The van der Waals surface area contributed by atoms with Gasteiger partial charge in [0.1, 0.15) is 23.9 Å². The van der Waals surface area contributed by atoms with Gasteiger partial charge in [-0.25, -0.2) is 4.39 Å². The van der Waals surface area contributed by atoms with Crippen molar-refractivity contribution >= 4 is 15.9 Å². The number of aromatic nitrogens is 1. The van der Waals surface area contributed by atoms with Crippen LogP contribution in [0.1, 0.15) is 17.0 Å². The molecule has 2 rings (SSSR count). The van der Waals surface area contributed by atoms with Gasteiger partial charge in [0, 0.05) is 10.5 Å². The summed E-state index contributed by atoms with van der Waals surface area (Å²) < 4.78 is 24.3. The Hall–Kier alpha value is -1.36. The number of halogens is 2. The molecule has 2 aromatic rings. The number of rotatable bonds is 3. The largest absolute Gasteiger partial charge is 0.489 e. The van der Waals surface area contributed by atoms with Gasteiger partial charge in [-0.05, 0) is 26.0 Å². The lowest BCUT2D eigenvalue weighted by Crippen LogP contribution is -1.98. The van der Waals surface area contributed by atoms with Crippen LogP contribution in [0.5, 0.6) is 5.75 Å². The molecule has 0 bridgehead atoms. The van der Waals surface area contributed by atoms with Crippen molar-refractivity contribution in [3.05, 3.63) is 45.5 Å². The Morgan fingerprint density at radius 2 is 2.12 bits per heavy atom. The Bertz CT molecular complexity index is 500. The highest BCUT2D eigenvalue weighted by atomic mass is 79.9. The average Bonchev–Trinajstić information content (AvgIpc) is 2.55. The molecule has 17 heavy (non-hydrogen) atoms. The van der Waals surface area contributed by atoms with Crippen LogP contribution >= 0.6 is 15.9 Å². The number of nitrogens with zero attached hydrogens (tertiary/aromatic N) is 1. The molecule has 1 aromatic carbocycles. The minimum Gasteiger partial charge on any atom is -0.489 e. The number of hydrogen-bond acceptors (Lipinski definition) is 3. The summed E-state index contributed by atoms with van der Waals surface area (Å²) in [5.74, 6) is 0.850. The van der Waals surface area contributed by atoms with Crippen LogP contribution in [0.4, 0.5) is 4.39 Å². The van der Waals surface area contributed by atoms with E-state index < -0.39 is 0 Å². The van der Waals surface area contributed by atoms with E-state index in [1.54, 1.807) is 6.07 Å². The summed E-state index contributed by atoms with van der Waals surface area (Å²) in [6, 6.07) is 4.42. The second-order valence-corrected chi connectivity index (χ2v) is 4.61. The second-order valence-electron chi connectivity index (χ2n) is 3.70. The standard InChI is InChI=1S/C12H11BrFNO2/c1-7-12(8(2)17-15-7)6-16-11-4-9(13)3-10(14)5-11/h3-5H,6H2,1-2H3. The second kappa shape index (κ2) is 4.87. The third-order valence-corrected chi connectivity index (χ3v) is 2.86. The SMILES string of the molecule is Cc1noc(C)c1COc1cc(F)cc(Br)c1. The van der Waals surface area contributed by atoms with E-state index in [0.717, 1.165) is 17.0 Å². The lowest BCUT2D eigenvalue weighted by atomic mass is 10.2. The average molecular weight is 300 g/mol. The molecule has 0 fully saturated rings. The number of hydrogen-bond donors (Lipinski definition) is 0. The minimum atomic E-state index is -0.340. The normalized spacial score (nSPS) is 10.6. The molecule has 1 aromatic heterocycles. The summed E-state index contributed by atoms with van der Waals surface area (Å²) in [7, 11) is 0.